The number of hydrazone groups is 1. The van der Waals surface area contributed by atoms with Crippen molar-refractivity contribution >= 4 is 12.1 Å². The average Bonchev–Trinajstić information content (AvgIpc) is 3.30. The highest BCUT2D eigenvalue weighted by atomic mass is 16.5. The largest absolute Gasteiger partial charge is 0.508 e. The molecular formula is C24H24N4O3. The zero-order valence-electron chi connectivity index (χ0n) is 16.9. The molecule has 2 unspecified atom stereocenters. The summed E-state index contributed by atoms with van der Waals surface area (Å²) in [5.74, 6) is 0.772. The number of hydrogen-bond acceptors (Lipinski definition) is 6. The molecule has 0 spiro atoms. The lowest BCUT2D eigenvalue weighted by atomic mass is 10.0. The Hall–Kier alpha value is -3.68. The van der Waals surface area contributed by atoms with E-state index in [4.69, 9.17) is 4.74 Å². The van der Waals surface area contributed by atoms with Gasteiger partial charge < -0.3 is 9.84 Å². The Morgan fingerprint density at radius 3 is 2.52 bits per heavy atom. The van der Waals surface area contributed by atoms with Gasteiger partial charge in [-0.05, 0) is 59.5 Å². The van der Waals surface area contributed by atoms with Gasteiger partial charge in [-0.1, -0.05) is 42.5 Å². The van der Waals surface area contributed by atoms with Crippen LogP contribution in [0.5, 0.6) is 11.5 Å². The number of aromatic hydroxyl groups is 1. The zero-order chi connectivity index (χ0) is 21.5. The fourth-order valence-electron chi connectivity index (χ4n) is 3.29. The summed E-state index contributed by atoms with van der Waals surface area (Å²) < 4.78 is 5.83. The molecule has 2 atom stereocenters. The number of benzene rings is 3. The van der Waals surface area contributed by atoms with Crippen molar-refractivity contribution in [1.29, 1.82) is 0 Å². The van der Waals surface area contributed by atoms with Crippen LogP contribution in [0, 0.1) is 0 Å². The highest BCUT2D eigenvalue weighted by Gasteiger charge is 2.30. The van der Waals surface area contributed by atoms with Gasteiger partial charge in [0.2, 0.25) is 0 Å². The lowest BCUT2D eigenvalue weighted by molar-refractivity contribution is -0.122. The topological polar surface area (TPSA) is 95.0 Å². The quantitative estimate of drug-likeness (QED) is 0.351. The number of phenolic OH excluding ortho intramolecular Hbond substituents is 1. The van der Waals surface area contributed by atoms with Gasteiger partial charge in [-0.3, -0.25) is 4.79 Å². The Labute approximate surface area is 180 Å². The maximum absolute atomic E-state index is 12.4. The molecule has 4 rings (SSSR count). The van der Waals surface area contributed by atoms with Crippen molar-refractivity contribution in [2.45, 2.75) is 25.1 Å². The van der Waals surface area contributed by atoms with Crippen molar-refractivity contribution in [3.05, 3.63) is 95.6 Å². The molecule has 0 radical (unpaired) electrons. The normalized spacial score (nSPS) is 18.2. The van der Waals surface area contributed by atoms with Crippen molar-refractivity contribution < 1.29 is 14.6 Å². The second-order valence-electron chi connectivity index (χ2n) is 7.30. The van der Waals surface area contributed by atoms with E-state index in [0.29, 0.717) is 13.0 Å². The van der Waals surface area contributed by atoms with Crippen LogP contribution in [0.1, 0.15) is 29.2 Å². The molecule has 1 aliphatic heterocycles. The van der Waals surface area contributed by atoms with Gasteiger partial charge in [0.05, 0.1) is 6.21 Å². The number of carbonyl (C=O) groups excluding carboxylic acids is 1. The highest BCUT2D eigenvalue weighted by molar-refractivity contribution is 5.85. The number of nitrogens with one attached hydrogen (secondary N) is 3. The first kappa shape index (κ1) is 20.6. The van der Waals surface area contributed by atoms with E-state index in [1.165, 1.54) is 6.21 Å². The molecule has 0 aliphatic carbocycles. The molecular weight excluding hydrogens is 392 g/mol. The van der Waals surface area contributed by atoms with Crippen molar-refractivity contribution in [1.82, 2.24) is 16.3 Å². The summed E-state index contributed by atoms with van der Waals surface area (Å²) in [6, 6.07) is 24.1. The van der Waals surface area contributed by atoms with E-state index in [1.807, 2.05) is 54.6 Å². The second kappa shape index (κ2) is 9.88. The number of phenols is 1. The third-order valence-electron chi connectivity index (χ3n) is 5.03. The fraction of sp³-hybridized carbons (Fsp3) is 0.167. The first-order chi connectivity index (χ1) is 15.2. The van der Waals surface area contributed by atoms with E-state index < -0.39 is 6.04 Å². The molecule has 158 valence electrons. The van der Waals surface area contributed by atoms with E-state index in [9.17, 15) is 9.90 Å². The predicted molar refractivity (Wildman–Crippen MR) is 118 cm³/mol. The Bertz CT molecular complexity index is 1020. The minimum atomic E-state index is -0.393. The summed E-state index contributed by atoms with van der Waals surface area (Å²) in [5, 5.41) is 13.3. The Balaban J connectivity index is 1.26. The highest BCUT2D eigenvalue weighted by Crippen LogP contribution is 2.24. The van der Waals surface area contributed by atoms with Gasteiger partial charge in [-0.25, -0.2) is 16.3 Å². The van der Waals surface area contributed by atoms with Crippen LogP contribution in [0.25, 0.3) is 0 Å². The van der Waals surface area contributed by atoms with Gasteiger partial charge in [-0.2, -0.15) is 5.10 Å². The third kappa shape index (κ3) is 5.69. The number of nitrogens with zero attached hydrogens (tertiary/aromatic N) is 1. The summed E-state index contributed by atoms with van der Waals surface area (Å²) in [7, 11) is 0. The Morgan fingerprint density at radius 1 is 1.03 bits per heavy atom. The second-order valence-corrected chi connectivity index (χ2v) is 7.30. The monoisotopic (exact) mass is 416 g/mol. The molecule has 1 aliphatic rings. The molecule has 1 amide bonds. The van der Waals surface area contributed by atoms with Gasteiger partial charge in [0.25, 0.3) is 5.91 Å². The molecule has 1 fully saturated rings. The molecule has 4 N–H and O–H groups in total. The van der Waals surface area contributed by atoms with Crippen LogP contribution in [0.15, 0.2) is 84.0 Å². The zero-order valence-corrected chi connectivity index (χ0v) is 16.9. The van der Waals surface area contributed by atoms with E-state index in [0.717, 1.165) is 22.4 Å². The predicted octanol–water partition coefficient (Wildman–Crippen LogP) is 3.03. The van der Waals surface area contributed by atoms with Gasteiger partial charge in [0.1, 0.15) is 24.1 Å². The average molecular weight is 416 g/mol. The SMILES string of the molecule is O=C(N/N=C/c1ccc(O)cc1)C1CC(c2ccc(OCc3ccccc3)cc2)NN1. The summed E-state index contributed by atoms with van der Waals surface area (Å²) in [4.78, 5) is 12.4. The molecule has 0 saturated carbocycles. The van der Waals surface area contributed by atoms with Crippen molar-refractivity contribution in [2.75, 3.05) is 0 Å². The number of hydrazine groups is 1. The Kier molecular flexibility index (Phi) is 6.56. The molecule has 0 bridgehead atoms. The molecule has 7 nitrogen and oxygen atoms in total. The molecule has 7 heteroatoms. The van der Waals surface area contributed by atoms with Crippen LogP contribution in [0.3, 0.4) is 0 Å². The van der Waals surface area contributed by atoms with Crippen molar-refractivity contribution in [3.8, 4) is 11.5 Å². The van der Waals surface area contributed by atoms with Gasteiger partial charge >= 0.3 is 0 Å². The molecule has 0 aromatic heterocycles. The maximum atomic E-state index is 12.4. The summed E-state index contributed by atoms with van der Waals surface area (Å²) >= 11 is 0. The summed E-state index contributed by atoms with van der Waals surface area (Å²) in [6.45, 7) is 0.524. The van der Waals surface area contributed by atoms with Gasteiger partial charge in [0, 0.05) is 6.04 Å². The minimum absolute atomic E-state index is 0.0139. The number of ether oxygens (including phenoxy) is 1. The van der Waals surface area contributed by atoms with E-state index in [1.54, 1.807) is 24.3 Å². The number of rotatable bonds is 7. The molecule has 1 heterocycles. The lowest BCUT2D eigenvalue weighted by Gasteiger charge is -2.11. The van der Waals surface area contributed by atoms with Crippen molar-refractivity contribution in [2.24, 2.45) is 5.10 Å². The Morgan fingerprint density at radius 2 is 1.77 bits per heavy atom. The van der Waals surface area contributed by atoms with E-state index in [2.05, 4.69) is 21.4 Å². The third-order valence-corrected chi connectivity index (χ3v) is 5.03. The first-order valence-corrected chi connectivity index (χ1v) is 10.1. The van der Waals surface area contributed by atoms with E-state index >= 15 is 0 Å². The summed E-state index contributed by atoms with van der Waals surface area (Å²) in [5.41, 5.74) is 11.7. The molecule has 3 aromatic rings. The van der Waals surface area contributed by atoms with Crippen molar-refractivity contribution in [3.63, 3.8) is 0 Å². The minimum Gasteiger partial charge on any atom is -0.508 e. The fourth-order valence-corrected chi connectivity index (χ4v) is 3.29. The van der Waals surface area contributed by atoms with Crippen LogP contribution in [0.2, 0.25) is 0 Å². The van der Waals surface area contributed by atoms with Crippen LogP contribution in [-0.2, 0) is 11.4 Å². The first-order valence-electron chi connectivity index (χ1n) is 10.1. The molecule has 1 saturated heterocycles. The number of carbonyl (C=O) groups is 1. The smallest absolute Gasteiger partial charge is 0.258 e. The van der Waals surface area contributed by atoms with Crippen LogP contribution < -0.4 is 21.0 Å². The van der Waals surface area contributed by atoms with E-state index in [-0.39, 0.29) is 17.7 Å². The lowest BCUT2D eigenvalue weighted by Crippen LogP contribution is -2.41. The standard InChI is InChI=1S/C24H24N4O3/c29-20-10-6-17(7-11-20)15-25-28-24(30)23-14-22(26-27-23)19-8-12-21(13-9-19)31-16-18-4-2-1-3-5-18/h1-13,15,22-23,26-27,29H,14,16H2,(H,28,30)/b25-15+. The summed E-state index contributed by atoms with van der Waals surface area (Å²) in [6.07, 6.45) is 2.14. The van der Waals surface area contributed by atoms with Gasteiger partial charge in [0.15, 0.2) is 0 Å². The molecule has 3 aromatic carbocycles. The number of amides is 1. The van der Waals surface area contributed by atoms with Gasteiger partial charge in [-0.15, -0.1) is 0 Å². The molecule has 31 heavy (non-hydrogen) atoms. The van der Waals surface area contributed by atoms with Crippen LogP contribution in [0.4, 0.5) is 0 Å². The number of hydrogen-bond donors (Lipinski definition) is 4. The maximum Gasteiger partial charge on any atom is 0.258 e. The van der Waals surface area contributed by atoms with Crippen LogP contribution >= 0.6 is 0 Å². The van der Waals surface area contributed by atoms with Crippen LogP contribution in [-0.4, -0.2) is 23.3 Å².